The van der Waals surface area contributed by atoms with E-state index in [4.69, 9.17) is 0 Å². The summed E-state index contributed by atoms with van der Waals surface area (Å²) in [4.78, 5) is 0. The number of hydrogen-bond acceptors (Lipinski definition) is 2. The van der Waals surface area contributed by atoms with Gasteiger partial charge in [-0.3, -0.25) is 0 Å². The lowest BCUT2D eigenvalue weighted by Crippen LogP contribution is -2.19. The minimum atomic E-state index is 0.398. The van der Waals surface area contributed by atoms with Crippen LogP contribution in [0.2, 0.25) is 0 Å². The van der Waals surface area contributed by atoms with Crippen LogP contribution in [0.25, 0.3) is 0 Å². The number of phenols is 1. The molecule has 1 saturated carbocycles. The Labute approximate surface area is 117 Å². The molecule has 1 aliphatic rings. The third-order valence-corrected chi connectivity index (χ3v) is 4.57. The van der Waals surface area contributed by atoms with Crippen LogP contribution in [-0.2, 0) is 0 Å². The Morgan fingerprint density at radius 3 is 2.63 bits per heavy atom. The molecule has 2 N–H and O–H groups in total. The van der Waals surface area contributed by atoms with Gasteiger partial charge in [0.25, 0.3) is 0 Å². The van der Waals surface area contributed by atoms with Crippen molar-refractivity contribution in [3.05, 3.63) is 23.3 Å². The fraction of sp³-hybridized carbons (Fsp3) is 0.647. The number of phenolic OH excluding ortho intramolecular Hbond substituents is 1. The lowest BCUT2D eigenvalue weighted by Gasteiger charge is -2.20. The minimum Gasteiger partial charge on any atom is -0.508 e. The SMILES string of the molecule is CCC1CCCC(Nc2cc(C)c(O)cc2C)CC1. The third-order valence-electron chi connectivity index (χ3n) is 4.57. The molecule has 2 rings (SSSR count). The Balaban J connectivity index is 2.03. The van der Waals surface area contributed by atoms with Crippen molar-refractivity contribution in [3.8, 4) is 5.75 Å². The molecule has 2 heteroatoms. The molecule has 1 fully saturated rings. The Morgan fingerprint density at radius 2 is 1.89 bits per heavy atom. The molecule has 0 heterocycles. The maximum absolute atomic E-state index is 9.71. The van der Waals surface area contributed by atoms with Gasteiger partial charge in [0.1, 0.15) is 5.75 Å². The van der Waals surface area contributed by atoms with E-state index in [1.54, 1.807) is 0 Å². The zero-order chi connectivity index (χ0) is 13.8. The summed E-state index contributed by atoms with van der Waals surface area (Å²) in [6.07, 6.45) is 7.95. The lowest BCUT2D eigenvalue weighted by atomic mass is 9.97. The van der Waals surface area contributed by atoms with Crippen LogP contribution in [0.3, 0.4) is 0 Å². The summed E-state index contributed by atoms with van der Waals surface area (Å²) < 4.78 is 0. The highest BCUT2D eigenvalue weighted by molar-refractivity contribution is 5.57. The Kier molecular flexibility index (Phi) is 4.73. The van der Waals surface area contributed by atoms with E-state index in [1.807, 2.05) is 13.0 Å². The molecule has 0 bridgehead atoms. The molecule has 1 aromatic rings. The summed E-state index contributed by atoms with van der Waals surface area (Å²) in [6, 6.07) is 4.54. The lowest BCUT2D eigenvalue weighted by molar-refractivity contribution is 0.444. The van der Waals surface area contributed by atoms with E-state index in [-0.39, 0.29) is 0 Å². The molecule has 106 valence electrons. The van der Waals surface area contributed by atoms with Crippen LogP contribution in [0.4, 0.5) is 5.69 Å². The van der Waals surface area contributed by atoms with Gasteiger partial charge in [-0.1, -0.05) is 26.2 Å². The highest BCUT2D eigenvalue weighted by atomic mass is 16.3. The van der Waals surface area contributed by atoms with E-state index in [9.17, 15) is 5.11 Å². The smallest absolute Gasteiger partial charge is 0.118 e. The number of anilines is 1. The van der Waals surface area contributed by atoms with E-state index in [1.165, 1.54) is 44.2 Å². The predicted octanol–water partition coefficient (Wildman–Crippen LogP) is 4.78. The Bertz CT molecular complexity index is 428. The van der Waals surface area contributed by atoms with Gasteiger partial charge in [-0.2, -0.15) is 0 Å². The molecule has 1 aliphatic carbocycles. The number of hydrogen-bond donors (Lipinski definition) is 2. The van der Waals surface area contributed by atoms with Gasteiger partial charge < -0.3 is 10.4 Å². The van der Waals surface area contributed by atoms with Crippen LogP contribution < -0.4 is 5.32 Å². The van der Waals surface area contributed by atoms with E-state index < -0.39 is 0 Å². The minimum absolute atomic E-state index is 0.398. The summed E-state index contributed by atoms with van der Waals surface area (Å²) in [5.41, 5.74) is 3.28. The normalized spacial score (nSPS) is 23.9. The topological polar surface area (TPSA) is 32.3 Å². The van der Waals surface area contributed by atoms with Crippen molar-refractivity contribution in [2.75, 3.05) is 5.32 Å². The molecule has 2 unspecified atom stereocenters. The number of rotatable bonds is 3. The molecule has 0 aliphatic heterocycles. The zero-order valence-electron chi connectivity index (χ0n) is 12.5. The largest absolute Gasteiger partial charge is 0.508 e. The maximum atomic E-state index is 9.71. The standard InChI is InChI=1S/C17H27NO/c1-4-14-6-5-7-15(9-8-14)18-16-10-13(3)17(19)11-12(16)2/h10-11,14-15,18-19H,4-9H2,1-3H3. The fourth-order valence-corrected chi connectivity index (χ4v) is 3.11. The van der Waals surface area contributed by atoms with Crippen molar-refractivity contribution >= 4 is 5.69 Å². The molecule has 0 amide bonds. The van der Waals surface area contributed by atoms with E-state index in [0.29, 0.717) is 11.8 Å². The molecule has 0 radical (unpaired) electrons. The highest BCUT2D eigenvalue weighted by Crippen LogP contribution is 2.30. The second-order valence-electron chi connectivity index (χ2n) is 6.08. The Morgan fingerprint density at radius 1 is 1.11 bits per heavy atom. The van der Waals surface area contributed by atoms with Crippen molar-refractivity contribution in [3.63, 3.8) is 0 Å². The van der Waals surface area contributed by atoms with Crippen LogP contribution >= 0.6 is 0 Å². The molecule has 0 spiro atoms. The number of nitrogens with one attached hydrogen (secondary N) is 1. The summed E-state index contributed by atoms with van der Waals surface area (Å²) in [6.45, 7) is 6.33. The zero-order valence-corrected chi connectivity index (χ0v) is 12.5. The van der Waals surface area contributed by atoms with E-state index >= 15 is 0 Å². The molecular formula is C17H27NO. The average Bonchev–Trinajstić information content (AvgIpc) is 2.61. The molecule has 19 heavy (non-hydrogen) atoms. The summed E-state index contributed by atoms with van der Waals surface area (Å²) >= 11 is 0. The van der Waals surface area contributed by atoms with E-state index in [2.05, 4.69) is 25.2 Å². The van der Waals surface area contributed by atoms with E-state index in [0.717, 1.165) is 17.0 Å². The van der Waals surface area contributed by atoms with Crippen LogP contribution in [-0.4, -0.2) is 11.1 Å². The predicted molar refractivity (Wildman–Crippen MR) is 81.9 cm³/mol. The summed E-state index contributed by atoms with van der Waals surface area (Å²) in [7, 11) is 0. The first kappa shape index (κ1) is 14.2. The second kappa shape index (κ2) is 6.31. The van der Waals surface area contributed by atoms with Crippen molar-refractivity contribution in [2.45, 2.75) is 65.3 Å². The molecule has 0 aromatic heterocycles. The summed E-state index contributed by atoms with van der Waals surface area (Å²) in [5, 5.41) is 13.4. The highest BCUT2D eigenvalue weighted by Gasteiger charge is 2.18. The number of aromatic hydroxyl groups is 1. The van der Waals surface area contributed by atoms with Gasteiger partial charge in [-0.15, -0.1) is 0 Å². The Hall–Kier alpha value is -1.18. The fourth-order valence-electron chi connectivity index (χ4n) is 3.11. The van der Waals surface area contributed by atoms with Gasteiger partial charge in [0, 0.05) is 11.7 Å². The third kappa shape index (κ3) is 3.65. The summed E-state index contributed by atoms with van der Waals surface area (Å²) in [5.74, 6) is 1.32. The van der Waals surface area contributed by atoms with Gasteiger partial charge in [-0.05, 0) is 62.3 Å². The first-order valence-corrected chi connectivity index (χ1v) is 7.67. The quantitative estimate of drug-likeness (QED) is 0.606. The first-order chi connectivity index (χ1) is 9.10. The average molecular weight is 261 g/mol. The second-order valence-corrected chi connectivity index (χ2v) is 6.08. The van der Waals surface area contributed by atoms with Crippen LogP contribution in [0, 0.1) is 19.8 Å². The molecule has 2 atom stereocenters. The van der Waals surface area contributed by atoms with Crippen molar-refractivity contribution in [1.82, 2.24) is 0 Å². The van der Waals surface area contributed by atoms with Crippen LogP contribution in [0.5, 0.6) is 5.75 Å². The van der Waals surface area contributed by atoms with Gasteiger partial charge in [-0.25, -0.2) is 0 Å². The van der Waals surface area contributed by atoms with Crippen molar-refractivity contribution < 1.29 is 5.11 Å². The number of benzene rings is 1. The van der Waals surface area contributed by atoms with Gasteiger partial charge in [0.2, 0.25) is 0 Å². The van der Waals surface area contributed by atoms with Gasteiger partial charge in [0.15, 0.2) is 0 Å². The monoisotopic (exact) mass is 261 g/mol. The number of aryl methyl sites for hydroxylation is 2. The molecule has 2 nitrogen and oxygen atoms in total. The first-order valence-electron chi connectivity index (χ1n) is 7.67. The van der Waals surface area contributed by atoms with Crippen molar-refractivity contribution in [2.24, 2.45) is 5.92 Å². The van der Waals surface area contributed by atoms with Gasteiger partial charge >= 0.3 is 0 Å². The van der Waals surface area contributed by atoms with Crippen LogP contribution in [0.1, 0.15) is 56.6 Å². The maximum Gasteiger partial charge on any atom is 0.118 e. The molecule has 0 saturated heterocycles. The van der Waals surface area contributed by atoms with Gasteiger partial charge in [0.05, 0.1) is 0 Å². The van der Waals surface area contributed by atoms with Crippen molar-refractivity contribution in [1.29, 1.82) is 0 Å². The molecular weight excluding hydrogens is 234 g/mol. The van der Waals surface area contributed by atoms with Crippen LogP contribution in [0.15, 0.2) is 12.1 Å². The molecule has 1 aromatic carbocycles.